The Morgan fingerprint density at radius 2 is 2.21 bits per heavy atom. The zero-order valence-corrected chi connectivity index (χ0v) is 11.3. The number of carboxylic acid groups (broad SMARTS) is 1. The first-order valence-electron chi connectivity index (χ1n) is 7.09. The minimum absolute atomic E-state index is 0.0947. The van der Waals surface area contributed by atoms with E-state index in [4.69, 9.17) is 4.74 Å². The molecule has 1 saturated heterocycles. The quantitative estimate of drug-likeness (QED) is 0.909. The molecule has 1 fully saturated rings. The van der Waals surface area contributed by atoms with Crippen LogP contribution in [0.5, 0.6) is 0 Å². The van der Waals surface area contributed by atoms with E-state index in [0.717, 1.165) is 24.8 Å². The van der Waals surface area contributed by atoms with Crippen LogP contribution in [0, 0.1) is 0 Å². The van der Waals surface area contributed by atoms with Crippen LogP contribution in [-0.2, 0) is 21.4 Å². The van der Waals surface area contributed by atoms with Crippen LogP contribution in [0.3, 0.4) is 0 Å². The van der Waals surface area contributed by atoms with Crippen LogP contribution < -0.4 is 0 Å². The number of carbonyl (C=O) groups is 1. The molecule has 0 saturated carbocycles. The number of benzene rings is 1. The van der Waals surface area contributed by atoms with E-state index in [0.29, 0.717) is 12.8 Å². The molecule has 3 unspecified atom stereocenters. The molecule has 3 heteroatoms. The Kier molecular flexibility index (Phi) is 3.09. The van der Waals surface area contributed by atoms with Crippen LogP contribution in [0.15, 0.2) is 24.3 Å². The third-order valence-electron chi connectivity index (χ3n) is 4.66. The van der Waals surface area contributed by atoms with Crippen LogP contribution in [0.1, 0.15) is 43.7 Å². The summed E-state index contributed by atoms with van der Waals surface area (Å²) in [6.45, 7) is 2.07. The molecule has 0 amide bonds. The van der Waals surface area contributed by atoms with Crippen LogP contribution in [0.25, 0.3) is 0 Å². The number of hydrogen-bond donors (Lipinski definition) is 1. The van der Waals surface area contributed by atoms with Gasteiger partial charge in [-0.2, -0.15) is 0 Å². The van der Waals surface area contributed by atoms with Gasteiger partial charge in [-0.3, -0.25) is 4.79 Å². The molecular weight excluding hydrogens is 240 g/mol. The van der Waals surface area contributed by atoms with Crippen LogP contribution in [0.2, 0.25) is 0 Å². The van der Waals surface area contributed by atoms with Gasteiger partial charge in [0.1, 0.15) is 0 Å². The molecule has 0 bridgehead atoms. The monoisotopic (exact) mass is 260 g/mol. The lowest BCUT2D eigenvalue weighted by Gasteiger charge is -2.28. The van der Waals surface area contributed by atoms with Crippen LogP contribution in [0.4, 0.5) is 0 Å². The summed E-state index contributed by atoms with van der Waals surface area (Å²) in [5, 5.41) is 9.78. The number of aryl methyl sites for hydroxylation is 1. The first-order valence-corrected chi connectivity index (χ1v) is 7.09. The normalized spacial score (nSPS) is 33.3. The largest absolute Gasteiger partial charge is 0.481 e. The standard InChI is InChI=1S/C16H20O3/c1-11-6-7-13(19-11)10-16(15(17)18)9-8-12-4-2-3-5-14(12)16/h2-5,11,13H,6-10H2,1H3,(H,17,18). The highest BCUT2D eigenvalue weighted by Gasteiger charge is 2.47. The Labute approximate surface area is 113 Å². The van der Waals surface area contributed by atoms with Gasteiger partial charge in [0.2, 0.25) is 0 Å². The molecule has 0 aromatic heterocycles. The lowest BCUT2D eigenvalue weighted by molar-refractivity contribution is -0.145. The molecule has 1 aromatic carbocycles. The van der Waals surface area contributed by atoms with Gasteiger partial charge < -0.3 is 9.84 Å². The van der Waals surface area contributed by atoms with Crippen molar-refractivity contribution >= 4 is 5.97 Å². The van der Waals surface area contributed by atoms with Gasteiger partial charge in [-0.25, -0.2) is 0 Å². The molecule has 1 aromatic rings. The third-order valence-corrected chi connectivity index (χ3v) is 4.66. The second-order valence-corrected chi connectivity index (χ2v) is 5.89. The van der Waals surface area contributed by atoms with Crippen molar-refractivity contribution in [2.75, 3.05) is 0 Å². The average Bonchev–Trinajstić information content (AvgIpc) is 2.96. The number of rotatable bonds is 3. The van der Waals surface area contributed by atoms with E-state index >= 15 is 0 Å². The highest BCUT2D eigenvalue weighted by Crippen LogP contribution is 2.44. The summed E-state index contributed by atoms with van der Waals surface area (Å²) in [5.74, 6) is -0.694. The van der Waals surface area contributed by atoms with Crippen molar-refractivity contribution in [1.29, 1.82) is 0 Å². The van der Waals surface area contributed by atoms with Gasteiger partial charge >= 0.3 is 5.97 Å². The van der Waals surface area contributed by atoms with E-state index in [1.165, 1.54) is 5.56 Å². The summed E-state index contributed by atoms with van der Waals surface area (Å²) in [5.41, 5.74) is 1.47. The first kappa shape index (κ1) is 12.7. The molecule has 1 aliphatic carbocycles. The van der Waals surface area contributed by atoms with Crippen LogP contribution >= 0.6 is 0 Å². The number of carboxylic acids is 1. The van der Waals surface area contributed by atoms with Crippen molar-refractivity contribution in [3.8, 4) is 0 Å². The molecule has 2 aliphatic rings. The summed E-state index contributed by atoms with van der Waals surface area (Å²) in [4.78, 5) is 11.9. The summed E-state index contributed by atoms with van der Waals surface area (Å²) in [6, 6.07) is 7.97. The minimum atomic E-state index is -0.731. The fraction of sp³-hybridized carbons (Fsp3) is 0.562. The summed E-state index contributed by atoms with van der Waals surface area (Å²) in [7, 11) is 0. The highest BCUT2D eigenvalue weighted by atomic mass is 16.5. The van der Waals surface area contributed by atoms with E-state index in [2.05, 4.69) is 13.0 Å². The molecule has 1 heterocycles. The number of fused-ring (bicyclic) bond motifs is 1. The van der Waals surface area contributed by atoms with Gasteiger partial charge in [-0.1, -0.05) is 24.3 Å². The molecular formula is C16H20O3. The van der Waals surface area contributed by atoms with Gasteiger partial charge in [0.25, 0.3) is 0 Å². The Morgan fingerprint density at radius 1 is 1.42 bits per heavy atom. The zero-order chi connectivity index (χ0) is 13.5. The summed E-state index contributed by atoms with van der Waals surface area (Å²) < 4.78 is 5.85. The van der Waals surface area contributed by atoms with Crippen molar-refractivity contribution < 1.29 is 14.6 Å². The average molecular weight is 260 g/mol. The number of ether oxygens (including phenoxy) is 1. The van der Waals surface area contributed by atoms with E-state index in [1.54, 1.807) is 0 Å². The van der Waals surface area contributed by atoms with Gasteiger partial charge in [0.15, 0.2) is 0 Å². The molecule has 0 spiro atoms. The maximum absolute atomic E-state index is 11.9. The lowest BCUT2D eigenvalue weighted by atomic mass is 9.76. The summed E-state index contributed by atoms with van der Waals surface area (Å²) in [6.07, 6.45) is 4.58. The van der Waals surface area contributed by atoms with E-state index in [1.807, 2.05) is 18.2 Å². The van der Waals surface area contributed by atoms with Crippen molar-refractivity contribution in [2.45, 2.75) is 56.7 Å². The second kappa shape index (κ2) is 4.64. The van der Waals surface area contributed by atoms with Crippen molar-refractivity contribution in [3.63, 3.8) is 0 Å². The Hall–Kier alpha value is -1.35. The van der Waals surface area contributed by atoms with E-state index in [9.17, 15) is 9.90 Å². The fourth-order valence-electron chi connectivity index (χ4n) is 3.63. The maximum Gasteiger partial charge on any atom is 0.314 e. The predicted molar refractivity (Wildman–Crippen MR) is 72.3 cm³/mol. The highest BCUT2D eigenvalue weighted by molar-refractivity contribution is 5.83. The third kappa shape index (κ3) is 2.06. The lowest BCUT2D eigenvalue weighted by Crippen LogP contribution is -2.37. The van der Waals surface area contributed by atoms with Gasteiger partial charge in [-0.05, 0) is 50.2 Å². The Balaban J connectivity index is 1.91. The fourth-order valence-corrected chi connectivity index (χ4v) is 3.63. The topological polar surface area (TPSA) is 46.5 Å². The molecule has 1 N–H and O–H groups in total. The first-order chi connectivity index (χ1) is 9.12. The second-order valence-electron chi connectivity index (χ2n) is 5.89. The molecule has 3 rings (SSSR count). The molecule has 3 atom stereocenters. The Morgan fingerprint density at radius 3 is 2.89 bits per heavy atom. The van der Waals surface area contributed by atoms with Crippen LogP contribution in [-0.4, -0.2) is 23.3 Å². The molecule has 3 nitrogen and oxygen atoms in total. The van der Waals surface area contributed by atoms with Gasteiger partial charge in [0.05, 0.1) is 17.6 Å². The summed E-state index contributed by atoms with van der Waals surface area (Å²) >= 11 is 0. The molecule has 102 valence electrons. The maximum atomic E-state index is 11.9. The van der Waals surface area contributed by atoms with Gasteiger partial charge in [-0.15, -0.1) is 0 Å². The zero-order valence-electron chi connectivity index (χ0n) is 11.3. The number of aliphatic carboxylic acids is 1. The smallest absolute Gasteiger partial charge is 0.314 e. The number of hydrogen-bond acceptors (Lipinski definition) is 2. The van der Waals surface area contributed by atoms with Crippen molar-refractivity contribution in [2.24, 2.45) is 0 Å². The van der Waals surface area contributed by atoms with Crippen molar-refractivity contribution in [1.82, 2.24) is 0 Å². The van der Waals surface area contributed by atoms with Gasteiger partial charge in [0, 0.05) is 0 Å². The molecule has 0 radical (unpaired) electrons. The minimum Gasteiger partial charge on any atom is -0.481 e. The molecule has 1 aliphatic heterocycles. The SMILES string of the molecule is CC1CCC(CC2(C(=O)O)CCc3ccccc32)O1. The molecule has 19 heavy (non-hydrogen) atoms. The van der Waals surface area contributed by atoms with E-state index < -0.39 is 11.4 Å². The van der Waals surface area contributed by atoms with Crippen molar-refractivity contribution in [3.05, 3.63) is 35.4 Å². The predicted octanol–water partition coefficient (Wildman–Crippen LogP) is 2.91. The van der Waals surface area contributed by atoms with E-state index in [-0.39, 0.29) is 12.2 Å². The Bertz CT molecular complexity index is 497.